The molecule has 0 bridgehead atoms. The SMILES string of the molecule is C.CC(=O)Oc1cc(C(F)(F)F)ccc1C(=O)NCC(O)CO.CC/C=C\CC(=O)Cl.CC/C=C\CC(=O)OCC(CNC(=O)c1ccc(C(F)(F)F)cc1OC(C)=O)OC(=O)C/C=C\CC.CC1(C)OCC(CN)O1.COC(=O)c1ccc(C(F)(F)F)cc1OC(C)=O.O=O.PP. The number of ether oxygens (including phenoxy) is 8. The van der Waals surface area contributed by atoms with Crippen molar-refractivity contribution in [2.24, 2.45) is 5.73 Å². The van der Waals surface area contributed by atoms with Crippen molar-refractivity contribution >= 4 is 82.3 Å². The van der Waals surface area contributed by atoms with E-state index < -0.39 is 125 Å². The Balaban J connectivity index is -0.000000609. The highest BCUT2D eigenvalue weighted by Crippen LogP contribution is 2.36. The zero-order valence-corrected chi connectivity index (χ0v) is 57.1. The van der Waals surface area contributed by atoms with Crippen LogP contribution in [0.25, 0.3) is 0 Å². The molecule has 1 fully saturated rings. The fourth-order valence-electron chi connectivity index (χ4n) is 6.67. The van der Waals surface area contributed by atoms with Gasteiger partial charge in [-0.05, 0) is 99.3 Å². The van der Waals surface area contributed by atoms with Crippen LogP contribution in [0.15, 0.2) is 91.1 Å². The Morgan fingerprint density at radius 1 is 0.643 bits per heavy atom. The van der Waals surface area contributed by atoms with Gasteiger partial charge in [0.15, 0.2) is 11.9 Å². The third-order valence-electron chi connectivity index (χ3n) is 10.9. The molecule has 6 N–H and O–H groups in total. The minimum Gasteiger partial charge on any atom is -0.465 e. The molecule has 5 atom stereocenters. The average Bonchev–Trinajstić information content (AvgIpc) is 1.10. The van der Waals surface area contributed by atoms with E-state index in [-0.39, 0.29) is 68.0 Å². The van der Waals surface area contributed by atoms with Crippen molar-refractivity contribution in [2.75, 3.05) is 46.6 Å². The number of nitrogens with two attached hydrogens (primary N) is 1. The van der Waals surface area contributed by atoms with Gasteiger partial charge in [0.2, 0.25) is 5.24 Å². The van der Waals surface area contributed by atoms with Gasteiger partial charge in [0, 0.05) is 50.2 Å². The first-order valence-electron chi connectivity index (χ1n) is 28.4. The molecular weight excluding hydrogens is 1390 g/mol. The summed E-state index contributed by atoms with van der Waals surface area (Å²) in [5.41, 5.74) is 1.26. The molecule has 0 aliphatic carbocycles. The maximum absolute atomic E-state index is 13.0. The zero-order valence-electron chi connectivity index (χ0n) is 54.0. The van der Waals surface area contributed by atoms with E-state index in [0.29, 0.717) is 62.4 Å². The fourth-order valence-corrected chi connectivity index (χ4v) is 6.76. The Kier molecular flexibility index (Phi) is 50.7. The molecule has 1 heterocycles. The van der Waals surface area contributed by atoms with Gasteiger partial charge >= 0.3 is 54.3 Å². The van der Waals surface area contributed by atoms with E-state index in [4.69, 9.17) is 61.2 Å². The number of allylic oxidation sites excluding steroid dienone is 4. The lowest BCUT2D eigenvalue weighted by atomic mass is 10.1. The molecular formula is C62H83ClF9N3O21P2. The number of amides is 2. The standard InChI is InChI=1S/C25H30F3NO7.C13H14F3NO5.C11H9F3O4.C6H9ClO.C6H13NO2.CH4.O2.H4P2/c1-4-6-8-10-22(31)34-16-19(36-23(32)11-9-7-5-2)15-29-24(33)20-13-12-18(25(26,27)28)14-21(20)35-17(3)30;1-7(19)22-11-4-8(13(14,15)16)2-3-10(11)12(21)17-5-9(20)6-18;1-6(15)18-9-5-7(11(12,13)14)3-4-8(9)10(16)17-2;1-2-3-4-5-6(7)8;1-6(2)8-4-5(3-7)9-6;;2*1-2/h6-9,12-14,19H,4-5,10-11,15-16H2,1-3H3,(H,29,33);2-4,9,18,20H,5-6H2,1H3,(H,17,21);3-5H,1-2H3;3-4H,2,5H2,1H3;5H,3-4,7H2,1-2H3;1H4;;1-2H2/b8-6-,9-7-;;;4-3-;;;;. The maximum Gasteiger partial charge on any atom is 0.416 e. The number of carbonyl (C=O) groups excluding carboxylic acids is 9. The minimum absolute atomic E-state index is 0. The van der Waals surface area contributed by atoms with Crippen LogP contribution in [0.1, 0.15) is 149 Å². The first-order chi connectivity index (χ1) is 45.3. The summed E-state index contributed by atoms with van der Waals surface area (Å²) >= 11 is 5.02. The molecule has 3 aromatic carbocycles. The van der Waals surface area contributed by atoms with E-state index >= 15 is 0 Å². The van der Waals surface area contributed by atoms with Gasteiger partial charge in [0.25, 0.3) is 11.8 Å². The van der Waals surface area contributed by atoms with Crippen molar-refractivity contribution in [3.05, 3.63) is 134 Å². The molecule has 1 aliphatic heterocycles. The largest absolute Gasteiger partial charge is 0.465 e. The highest BCUT2D eigenvalue weighted by molar-refractivity contribution is 7.92. The zero-order chi connectivity index (χ0) is 75.3. The first kappa shape index (κ1) is 96.6. The number of rotatable bonds is 24. The van der Waals surface area contributed by atoms with Gasteiger partial charge in [-0.1, -0.05) is 64.7 Å². The van der Waals surface area contributed by atoms with E-state index in [2.05, 4.69) is 42.7 Å². The maximum atomic E-state index is 13.0. The van der Waals surface area contributed by atoms with Crippen LogP contribution in [0, 0.1) is 9.93 Å². The molecule has 3 aromatic rings. The van der Waals surface area contributed by atoms with Crippen molar-refractivity contribution in [3.8, 4) is 17.2 Å². The van der Waals surface area contributed by atoms with Gasteiger partial charge in [-0.15, -0.1) is 17.9 Å². The Morgan fingerprint density at radius 3 is 1.33 bits per heavy atom. The first-order valence-corrected chi connectivity index (χ1v) is 31.5. The van der Waals surface area contributed by atoms with Crippen molar-refractivity contribution in [3.63, 3.8) is 0 Å². The molecule has 1 saturated heterocycles. The average molecular weight is 1470 g/mol. The molecule has 4 rings (SSSR count). The van der Waals surface area contributed by atoms with Gasteiger partial charge in [-0.3, -0.25) is 38.4 Å². The number of aliphatic hydroxyl groups excluding tert-OH is 2. The summed E-state index contributed by atoms with van der Waals surface area (Å²) in [7, 11) is 5.73. The quantitative estimate of drug-likeness (QED) is 0.0106. The van der Waals surface area contributed by atoms with Crippen LogP contribution in [-0.2, 0) is 71.0 Å². The van der Waals surface area contributed by atoms with Crippen molar-refractivity contribution in [1.29, 1.82) is 0 Å². The van der Waals surface area contributed by atoms with Crippen LogP contribution in [0.5, 0.6) is 17.2 Å². The van der Waals surface area contributed by atoms with Crippen molar-refractivity contribution in [1.82, 2.24) is 10.6 Å². The van der Waals surface area contributed by atoms with Crippen molar-refractivity contribution in [2.45, 2.75) is 144 Å². The third kappa shape index (κ3) is 43.5. The van der Waals surface area contributed by atoms with Gasteiger partial charge < -0.3 is 64.5 Å². The summed E-state index contributed by atoms with van der Waals surface area (Å²) in [5, 5.41) is 22.1. The molecule has 98 heavy (non-hydrogen) atoms. The number of methoxy groups -OCH3 is 1. The summed E-state index contributed by atoms with van der Waals surface area (Å²) in [6, 6.07) is 6.34. The molecule has 24 nitrogen and oxygen atoms in total. The number of aliphatic hydroxyl groups is 2. The highest BCUT2D eigenvalue weighted by Gasteiger charge is 2.35. The monoisotopic (exact) mass is 1470 g/mol. The molecule has 0 radical (unpaired) electrons. The van der Waals surface area contributed by atoms with E-state index in [1.54, 1.807) is 30.4 Å². The van der Waals surface area contributed by atoms with Crippen LogP contribution in [0.3, 0.4) is 0 Å². The Bertz CT molecular complexity index is 3060. The molecule has 552 valence electrons. The summed E-state index contributed by atoms with van der Waals surface area (Å²) in [6.45, 7) is 12.2. The summed E-state index contributed by atoms with van der Waals surface area (Å²) < 4.78 is 154. The Hall–Kier alpha value is -7.77. The van der Waals surface area contributed by atoms with Gasteiger partial charge in [-0.25, -0.2) is 4.79 Å². The second-order valence-electron chi connectivity index (χ2n) is 19.2. The molecule has 0 saturated carbocycles. The molecule has 36 heteroatoms. The predicted octanol–water partition coefficient (Wildman–Crippen LogP) is 11.2. The molecule has 5 unspecified atom stereocenters. The van der Waals surface area contributed by atoms with E-state index in [1.165, 1.54) is 0 Å². The van der Waals surface area contributed by atoms with Crippen LogP contribution < -0.4 is 30.6 Å². The minimum atomic E-state index is -4.72. The summed E-state index contributed by atoms with van der Waals surface area (Å²) in [5.74, 6) is -8.48. The highest BCUT2D eigenvalue weighted by atomic mass is 35.5. The number of halogens is 10. The van der Waals surface area contributed by atoms with Crippen LogP contribution in [0.2, 0.25) is 0 Å². The number of nitrogens with one attached hydrogen (secondary N) is 2. The van der Waals surface area contributed by atoms with Crippen LogP contribution in [-0.4, -0.2) is 134 Å². The van der Waals surface area contributed by atoms with E-state index in [1.807, 2.05) is 40.7 Å². The number of esters is 6. The normalized spacial score (nSPS) is 13.4. The van der Waals surface area contributed by atoms with Crippen LogP contribution >= 0.6 is 29.5 Å². The molecule has 1 aliphatic rings. The third-order valence-corrected chi connectivity index (χ3v) is 11.0. The lowest BCUT2D eigenvalue weighted by molar-refractivity contribution is -0.157. The molecule has 0 spiro atoms. The number of hydrogen-bond donors (Lipinski definition) is 5. The Morgan fingerprint density at radius 2 is 1.01 bits per heavy atom. The van der Waals surface area contributed by atoms with Crippen LogP contribution in [0.4, 0.5) is 39.5 Å². The topological polar surface area (TPSA) is 352 Å². The number of hydrogen-bond acceptors (Lipinski definition) is 22. The van der Waals surface area contributed by atoms with Gasteiger partial charge in [0.05, 0.1) is 79.7 Å². The second-order valence-corrected chi connectivity index (χ2v) is 19.7. The van der Waals surface area contributed by atoms with E-state index in [9.17, 15) is 82.7 Å². The number of carbonyl (C=O) groups is 9. The fraction of sp³-hybridized carbons (Fsp3) is 0.468. The molecule has 2 amide bonds. The number of alkyl halides is 9. The summed E-state index contributed by atoms with van der Waals surface area (Å²) in [4.78, 5) is 117. The van der Waals surface area contributed by atoms with Gasteiger partial charge in [-0.2, -0.15) is 39.5 Å². The van der Waals surface area contributed by atoms with Crippen molar-refractivity contribution < 1.29 is 131 Å². The smallest absolute Gasteiger partial charge is 0.416 e. The lowest BCUT2D eigenvalue weighted by Crippen LogP contribution is -2.38. The second kappa shape index (κ2) is 51.4. The van der Waals surface area contributed by atoms with Gasteiger partial charge in [0.1, 0.15) is 29.4 Å². The lowest BCUT2D eigenvalue weighted by Gasteiger charge is -2.19. The number of benzene rings is 3. The van der Waals surface area contributed by atoms with E-state index in [0.717, 1.165) is 58.9 Å². The molecule has 0 aromatic heterocycles. The Labute approximate surface area is 569 Å². The summed E-state index contributed by atoms with van der Waals surface area (Å²) in [6.07, 6.45) is -2.94. The predicted molar refractivity (Wildman–Crippen MR) is 348 cm³/mol.